The van der Waals surface area contributed by atoms with Gasteiger partial charge in [0.15, 0.2) is 5.82 Å². The lowest BCUT2D eigenvalue weighted by Crippen LogP contribution is -2.17. The Hall–Kier alpha value is -2.11. The van der Waals surface area contributed by atoms with Gasteiger partial charge in [0, 0.05) is 18.9 Å². The molecule has 2 aromatic rings. The van der Waals surface area contributed by atoms with Gasteiger partial charge in [-0.1, -0.05) is 0 Å². The second kappa shape index (κ2) is 3.97. The summed E-state index contributed by atoms with van der Waals surface area (Å²) >= 11 is 0. The fraction of sp³-hybridized carbons (Fsp3) is 0.417. The summed E-state index contributed by atoms with van der Waals surface area (Å²) in [6.07, 6.45) is 4.24. The predicted octanol–water partition coefficient (Wildman–Crippen LogP) is 1.31. The molecule has 0 saturated carbocycles. The van der Waals surface area contributed by atoms with Gasteiger partial charge in [-0.05, 0) is 25.3 Å². The van der Waals surface area contributed by atoms with Crippen molar-refractivity contribution in [2.24, 2.45) is 7.05 Å². The number of hydrogen-bond acceptors (Lipinski definition) is 3. The Morgan fingerprint density at radius 3 is 3.11 bits per heavy atom. The van der Waals surface area contributed by atoms with E-state index in [9.17, 15) is 9.90 Å². The molecule has 0 fully saturated rings. The second-order valence-electron chi connectivity index (χ2n) is 4.61. The molecular formula is C12H14N4O2. The van der Waals surface area contributed by atoms with E-state index in [-0.39, 0.29) is 0 Å². The number of hydrogen-bond donors (Lipinski definition) is 2. The maximum atomic E-state index is 11.2. The lowest BCUT2D eigenvalue weighted by Gasteiger charge is -2.16. The van der Waals surface area contributed by atoms with Gasteiger partial charge in [0.2, 0.25) is 0 Å². The number of nitrogens with one attached hydrogen (secondary N) is 1. The van der Waals surface area contributed by atoms with Crippen LogP contribution in [0.2, 0.25) is 0 Å². The molecule has 0 aliphatic heterocycles. The first-order valence-electron chi connectivity index (χ1n) is 5.97. The number of carboxylic acids is 1. The summed E-state index contributed by atoms with van der Waals surface area (Å²) in [6, 6.07) is 1.86. The summed E-state index contributed by atoms with van der Waals surface area (Å²) in [7, 11) is 1.84. The van der Waals surface area contributed by atoms with E-state index in [0.29, 0.717) is 17.9 Å². The van der Waals surface area contributed by atoms with E-state index >= 15 is 0 Å². The third-order valence-electron chi connectivity index (χ3n) is 3.31. The van der Waals surface area contributed by atoms with Crippen LogP contribution in [0.1, 0.15) is 30.1 Å². The Morgan fingerprint density at radius 2 is 2.44 bits per heavy atom. The van der Waals surface area contributed by atoms with Crippen molar-refractivity contribution in [3.63, 3.8) is 0 Å². The standard InChI is InChI=1S/C12H14N4O2/c1-16-6-5-9(15-16)11-13-8-4-2-3-7(12(17)18)10(8)14-11/h5-7H,2-4H2,1H3,(H,13,14)(H,17,18). The molecule has 1 atom stereocenters. The molecular weight excluding hydrogens is 232 g/mol. The summed E-state index contributed by atoms with van der Waals surface area (Å²) in [5, 5.41) is 13.5. The van der Waals surface area contributed by atoms with Gasteiger partial charge in [0.05, 0.1) is 5.69 Å². The Morgan fingerprint density at radius 1 is 1.61 bits per heavy atom. The van der Waals surface area contributed by atoms with Gasteiger partial charge in [-0.15, -0.1) is 0 Å². The van der Waals surface area contributed by atoms with Crippen molar-refractivity contribution in [3.8, 4) is 11.5 Å². The number of fused-ring (bicyclic) bond motifs is 1. The van der Waals surface area contributed by atoms with Crippen LogP contribution in [0.25, 0.3) is 11.5 Å². The highest BCUT2D eigenvalue weighted by Gasteiger charge is 2.30. The highest BCUT2D eigenvalue weighted by atomic mass is 16.4. The monoisotopic (exact) mass is 246 g/mol. The fourth-order valence-electron chi connectivity index (χ4n) is 2.42. The summed E-state index contributed by atoms with van der Waals surface area (Å²) in [5.74, 6) is -0.619. The van der Waals surface area contributed by atoms with Crippen molar-refractivity contribution in [1.29, 1.82) is 0 Å². The zero-order chi connectivity index (χ0) is 12.7. The van der Waals surface area contributed by atoms with Crippen LogP contribution < -0.4 is 0 Å². The van der Waals surface area contributed by atoms with Gasteiger partial charge in [-0.3, -0.25) is 9.48 Å². The van der Waals surface area contributed by atoms with E-state index in [0.717, 1.165) is 24.2 Å². The maximum absolute atomic E-state index is 11.2. The molecule has 1 unspecified atom stereocenters. The Bertz CT molecular complexity index is 599. The van der Waals surface area contributed by atoms with Crippen LogP contribution in [0.4, 0.5) is 0 Å². The molecule has 0 bridgehead atoms. The van der Waals surface area contributed by atoms with E-state index in [1.54, 1.807) is 4.68 Å². The van der Waals surface area contributed by atoms with Gasteiger partial charge < -0.3 is 10.1 Å². The average Bonchev–Trinajstić information content (AvgIpc) is 2.93. The Kier molecular flexibility index (Phi) is 2.43. The third kappa shape index (κ3) is 1.70. The molecule has 0 saturated heterocycles. The van der Waals surface area contributed by atoms with Crippen molar-refractivity contribution < 1.29 is 9.90 Å². The summed E-state index contributed by atoms with van der Waals surface area (Å²) in [5.41, 5.74) is 2.36. The van der Waals surface area contributed by atoms with Crippen LogP contribution in [0.3, 0.4) is 0 Å². The van der Waals surface area contributed by atoms with Gasteiger partial charge in [0.1, 0.15) is 11.6 Å². The van der Waals surface area contributed by atoms with E-state index in [4.69, 9.17) is 0 Å². The molecule has 2 heterocycles. The molecule has 6 heteroatoms. The Labute approximate surface area is 104 Å². The molecule has 1 aliphatic rings. The lowest BCUT2D eigenvalue weighted by atomic mass is 9.90. The minimum atomic E-state index is -0.796. The molecule has 2 aromatic heterocycles. The molecule has 94 valence electrons. The minimum Gasteiger partial charge on any atom is -0.481 e. The average molecular weight is 246 g/mol. The minimum absolute atomic E-state index is 0.484. The van der Waals surface area contributed by atoms with Crippen LogP contribution >= 0.6 is 0 Å². The zero-order valence-electron chi connectivity index (χ0n) is 10.1. The molecule has 3 rings (SSSR count). The molecule has 0 amide bonds. The number of nitrogens with zero attached hydrogens (tertiary/aromatic N) is 3. The van der Waals surface area contributed by atoms with Crippen molar-refractivity contribution >= 4 is 5.97 Å². The predicted molar refractivity (Wildman–Crippen MR) is 64.1 cm³/mol. The van der Waals surface area contributed by atoms with E-state index in [1.807, 2.05) is 19.3 Å². The summed E-state index contributed by atoms with van der Waals surface area (Å²) in [4.78, 5) is 18.8. The van der Waals surface area contributed by atoms with Crippen LogP contribution in [0.15, 0.2) is 12.3 Å². The van der Waals surface area contributed by atoms with Crippen LogP contribution in [-0.2, 0) is 18.3 Å². The largest absolute Gasteiger partial charge is 0.481 e. The molecule has 2 N–H and O–H groups in total. The number of rotatable bonds is 2. The molecule has 0 aromatic carbocycles. The number of H-pyrrole nitrogens is 1. The van der Waals surface area contributed by atoms with Crippen LogP contribution in [-0.4, -0.2) is 30.8 Å². The molecule has 18 heavy (non-hydrogen) atoms. The van der Waals surface area contributed by atoms with Gasteiger partial charge >= 0.3 is 5.97 Å². The number of aliphatic carboxylic acids is 1. The van der Waals surface area contributed by atoms with Crippen molar-refractivity contribution in [1.82, 2.24) is 19.7 Å². The third-order valence-corrected chi connectivity index (χ3v) is 3.31. The molecule has 6 nitrogen and oxygen atoms in total. The number of carboxylic acid groups (broad SMARTS) is 1. The van der Waals surface area contributed by atoms with Gasteiger partial charge in [0.25, 0.3) is 0 Å². The van der Waals surface area contributed by atoms with E-state index in [1.165, 1.54) is 0 Å². The zero-order valence-corrected chi connectivity index (χ0v) is 10.1. The van der Waals surface area contributed by atoms with Crippen molar-refractivity contribution in [2.75, 3.05) is 0 Å². The first kappa shape index (κ1) is 11.0. The SMILES string of the molecule is Cn1ccc(-c2nc3c([nH]2)CCCC3C(=O)O)n1. The number of carbonyl (C=O) groups is 1. The van der Waals surface area contributed by atoms with Crippen molar-refractivity contribution in [3.05, 3.63) is 23.7 Å². The van der Waals surface area contributed by atoms with E-state index < -0.39 is 11.9 Å². The van der Waals surface area contributed by atoms with Crippen molar-refractivity contribution in [2.45, 2.75) is 25.2 Å². The first-order valence-corrected chi connectivity index (χ1v) is 5.97. The quantitative estimate of drug-likeness (QED) is 0.836. The summed E-state index contributed by atoms with van der Waals surface area (Å²) in [6.45, 7) is 0. The molecule has 1 aliphatic carbocycles. The molecule has 0 radical (unpaired) electrons. The van der Waals surface area contributed by atoms with Gasteiger partial charge in [-0.25, -0.2) is 4.98 Å². The lowest BCUT2D eigenvalue weighted by molar-refractivity contribution is -0.139. The topological polar surface area (TPSA) is 83.8 Å². The van der Waals surface area contributed by atoms with Gasteiger partial charge in [-0.2, -0.15) is 5.10 Å². The number of aromatic nitrogens is 4. The maximum Gasteiger partial charge on any atom is 0.312 e. The smallest absolute Gasteiger partial charge is 0.312 e. The number of aromatic amines is 1. The number of aryl methyl sites for hydroxylation is 2. The first-order chi connectivity index (χ1) is 8.65. The number of imidazole rings is 1. The molecule has 0 spiro atoms. The van der Waals surface area contributed by atoms with E-state index in [2.05, 4.69) is 15.1 Å². The summed E-state index contributed by atoms with van der Waals surface area (Å²) < 4.78 is 1.70. The van der Waals surface area contributed by atoms with Crippen LogP contribution in [0, 0.1) is 0 Å². The van der Waals surface area contributed by atoms with Crippen LogP contribution in [0.5, 0.6) is 0 Å². The fourth-order valence-corrected chi connectivity index (χ4v) is 2.42. The highest BCUT2D eigenvalue weighted by Crippen LogP contribution is 2.31. The highest BCUT2D eigenvalue weighted by molar-refractivity contribution is 5.76. The second-order valence-corrected chi connectivity index (χ2v) is 4.61. The normalized spacial score (nSPS) is 18.6. The Balaban J connectivity index is 2.03.